The van der Waals surface area contributed by atoms with Gasteiger partial charge in [-0.2, -0.15) is 13.1 Å². The van der Waals surface area contributed by atoms with Crippen molar-refractivity contribution in [2.24, 2.45) is 0 Å². The molecule has 5 nitrogen and oxygen atoms in total. The zero-order valence-corrected chi connectivity index (χ0v) is 10.0. The molecule has 0 aromatic carbocycles. The lowest BCUT2D eigenvalue weighted by Gasteiger charge is -2.39. The molecule has 0 spiro atoms. The highest BCUT2D eigenvalue weighted by Crippen LogP contribution is 2.28. The number of hydrogen-bond acceptors (Lipinski definition) is 3. The quantitative estimate of drug-likeness (QED) is 0.629. The minimum Gasteiger partial charge on any atom is -0.316 e. The van der Waals surface area contributed by atoms with Crippen LogP contribution in [-0.2, 0) is 10.2 Å². The third kappa shape index (κ3) is 1.69. The summed E-state index contributed by atoms with van der Waals surface area (Å²) in [6.07, 6.45) is 1.93. The summed E-state index contributed by atoms with van der Waals surface area (Å²) in [5.41, 5.74) is 0. The summed E-state index contributed by atoms with van der Waals surface area (Å²) in [5.74, 6) is 0. The van der Waals surface area contributed by atoms with E-state index in [9.17, 15) is 8.42 Å². The molecule has 2 fully saturated rings. The van der Waals surface area contributed by atoms with Crippen LogP contribution in [0.5, 0.6) is 0 Å². The van der Waals surface area contributed by atoms with Gasteiger partial charge >= 0.3 is 10.2 Å². The zero-order valence-electron chi connectivity index (χ0n) is 9.20. The number of nitrogens with zero attached hydrogens (tertiary/aromatic N) is 1. The monoisotopic (exact) mass is 234 g/mol. The lowest BCUT2D eigenvalue weighted by Crippen LogP contribution is -2.59. The van der Waals surface area contributed by atoms with Crippen molar-refractivity contribution >= 4 is 10.2 Å². The first-order chi connectivity index (χ1) is 7.12. The van der Waals surface area contributed by atoms with Crippen molar-refractivity contribution < 1.29 is 12.3 Å². The van der Waals surface area contributed by atoms with Crippen molar-refractivity contribution in [3.8, 4) is 0 Å². The molecule has 0 radical (unpaired) electrons. The molecule has 2 saturated heterocycles. The average Bonchev–Trinajstić information content (AvgIpc) is 2.55. The summed E-state index contributed by atoms with van der Waals surface area (Å²) in [7, 11) is -3.14. The van der Waals surface area contributed by atoms with E-state index in [4.69, 9.17) is 0 Å². The fourth-order valence-electron chi connectivity index (χ4n) is 2.85. The van der Waals surface area contributed by atoms with Gasteiger partial charge in [0.1, 0.15) is 12.6 Å². The summed E-state index contributed by atoms with van der Waals surface area (Å²) in [6.45, 7) is 5.87. The van der Waals surface area contributed by atoms with Gasteiger partial charge in [0.2, 0.25) is 0 Å². The molecule has 88 valence electrons. The molecule has 0 bridgehead atoms. The molecule has 0 aromatic rings. The summed E-state index contributed by atoms with van der Waals surface area (Å²) in [6, 6.07) is 0.274. The van der Waals surface area contributed by atoms with Gasteiger partial charge in [-0.25, -0.2) is 3.89 Å². The normalized spacial score (nSPS) is 36.9. The van der Waals surface area contributed by atoms with Gasteiger partial charge < -0.3 is 5.32 Å². The highest BCUT2D eigenvalue weighted by Gasteiger charge is 2.50. The van der Waals surface area contributed by atoms with E-state index in [1.165, 1.54) is 0 Å². The molecule has 0 aromatic heterocycles. The molecule has 15 heavy (non-hydrogen) atoms. The van der Waals surface area contributed by atoms with E-state index in [1.807, 2.05) is 6.92 Å². The Morgan fingerprint density at radius 2 is 1.93 bits per heavy atom. The number of piperidine rings is 1. The maximum atomic E-state index is 12.1. The topological polar surface area (TPSA) is 58.2 Å². The van der Waals surface area contributed by atoms with Crippen LogP contribution in [0, 0.1) is 0 Å². The highest BCUT2D eigenvalue weighted by atomic mass is 32.2. The maximum Gasteiger partial charge on any atom is 0.370 e. The predicted octanol–water partition coefficient (Wildman–Crippen LogP) is -0.577. The first kappa shape index (κ1) is 11.3. The fourth-order valence-corrected chi connectivity index (χ4v) is 4.74. The number of likely N-dealkylation sites (N-methyl/N-ethyl adjacent to an activating group) is 1. The predicted molar refractivity (Wildman–Crippen MR) is 58.5 cm³/mol. The van der Waals surface area contributed by atoms with Gasteiger partial charge in [-0.1, -0.05) is 0 Å². The summed E-state index contributed by atoms with van der Waals surface area (Å²) >= 11 is 0. The minimum absolute atomic E-state index is 0.259. The van der Waals surface area contributed by atoms with E-state index in [1.54, 1.807) is 0 Å². The lowest BCUT2D eigenvalue weighted by atomic mass is 10.0. The highest BCUT2D eigenvalue weighted by molar-refractivity contribution is 7.84. The van der Waals surface area contributed by atoms with Gasteiger partial charge in [0, 0.05) is 25.9 Å². The van der Waals surface area contributed by atoms with Crippen LogP contribution in [0.1, 0.15) is 19.8 Å². The van der Waals surface area contributed by atoms with Crippen molar-refractivity contribution in [3.63, 3.8) is 0 Å². The van der Waals surface area contributed by atoms with Gasteiger partial charge in [0.25, 0.3) is 0 Å². The second kappa shape index (κ2) is 4.01. The maximum absolute atomic E-state index is 12.1. The third-order valence-electron chi connectivity index (χ3n) is 3.76. The Labute approximate surface area is 91.6 Å². The number of nitrogens with one attached hydrogen (secondary N) is 2. The smallest absolute Gasteiger partial charge is 0.316 e. The number of hydrogen-bond donors (Lipinski definition) is 2. The largest absolute Gasteiger partial charge is 0.370 e. The van der Waals surface area contributed by atoms with Gasteiger partial charge in [0.15, 0.2) is 0 Å². The second-order valence-electron chi connectivity index (χ2n) is 4.34. The summed E-state index contributed by atoms with van der Waals surface area (Å²) < 4.78 is 27.0. The molecule has 0 aliphatic carbocycles. The Hall–Kier alpha value is -0.170. The van der Waals surface area contributed by atoms with Crippen LogP contribution in [0.15, 0.2) is 0 Å². The molecule has 2 aliphatic heterocycles. The molecular formula is C9H20N3O2S+. The van der Waals surface area contributed by atoms with Gasteiger partial charge in [-0.15, -0.1) is 0 Å². The molecule has 1 atom stereocenters. The fraction of sp³-hybridized carbons (Fsp3) is 1.00. The van der Waals surface area contributed by atoms with Crippen molar-refractivity contribution in [1.82, 2.24) is 10.0 Å². The molecule has 0 amide bonds. The van der Waals surface area contributed by atoms with E-state index >= 15 is 0 Å². The van der Waals surface area contributed by atoms with Gasteiger partial charge in [-0.3, -0.25) is 0 Å². The van der Waals surface area contributed by atoms with Crippen molar-refractivity contribution in [3.05, 3.63) is 0 Å². The lowest BCUT2D eigenvalue weighted by molar-refractivity contribution is -0.826. The van der Waals surface area contributed by atoms with E-state index in [0.29, 0.717) is 13.1 Å². The second-order valence-corrected chi connectivity index (χ2v) is 6.31. The van der Waals surface area contributed by atoms with E-state index < -0.39 is 10.2 Å². The Bertz CT molecular complexity index is 324. The minimum atomic E-state index is -3.14. The average molecular weight is 234 g/mol. The van der Waals surface area contributed by atoms with Crippen LogP contribution in [0.2, 0.25) is 0 Å². The molecular weight excluding hydrogens is 214 g/mol. The standard InChI is InChI=1S/C9H20N3O2S/c1-2-12(8-7-11-15(12,13)14)9-3-5-10-6-4-9/h9-11H,2-8H2,1H3/q+1. The van der Waals surface area contributed by atoms with Crippen molar-refractivity contribution in [1.29, 1.82) is 0 Å². The van der Waals surface area contributed by atoms with Crippen molar-refractivity contribution in [2.75, 3.05) is 32.7 Å². The molecule has 0 saturated carbocycles. The van der Waals surface area contributed by atoms with E-state index in [-0.39, 0.29) is 9.93 Å². The molecule has 6 heteroatoms. The van der Waals surface area contributed by atoms with Crippen LogP contribution in [-0.4, -0.2) is 51.1 Å². The first-order valence-electron chi connectivity index (χ1n) is 5.69. The molecule has 2 N–H and O–H groups in total. The van der Waals surface area contributed by atoms with Crippen LogP contribution in [0.25, 0.3) is 0 Å². The Morgan fingerprint density at radius 3 is 2.40 bits per heavy atom. The summed E-state index contributed by atoms with van der Waals surface area (Å²) in [5, 5.41) is 3.28. The van der Waals surface area contributed by atoms with Crippen LogP contribution in [0.3, 0.4) is 0 Å². The van der Waals surface area contributed by atoms with Crippen LogP contribution >= 0.6 is 0 Å². The molecule has 2 aliphatic rings. The van der Waals surface area contributed by atoms with Crippen LogP contribution in [0.4, 0.5) is 0 Å². The molecule has 1 unspecified atom stereocenters. The summed E-state index contributed by atoms with van der Waals surface area (Å²) in [4.78, 5) is 0. The van der Waals surface area contributed by atoms with Gasteiger partial charge in [-0.05, 0) is 6.92 Å². The van der Waals surface area contributed by atoms with Crippen LogP contribution < -0.4 is 10.0 Å². The molecule has 2 heterocycles. The Morgan fingerprint density at radius 1 is 1.27 bits per heavy atom. The SMILES string of the molecule is CC[N+]1(C2CCNCC2)CCNS1(=O)=O. The van der Waals surface area contributed by atoms with Crippen molar-refractivity contribution in [2.45, 2.75) is 25.8 Å². The number of rotatable bonds is 2. The molecule has 2 rings (SSSR count). The van der Waals surface area contributed by atoms with Gasteiger partial charge in [0.05, 0.1) is 13.1 Å². The Kier molecular flexibility index (Phi) is 3.03. The Balaban J connectivity index is 2.27. The van der Waals surface area contributed by atoms with E-state index in [0.717, 1.165) is 32.5 Å². The first-order valence-corrected chi connectivity index (χ1v) is 7.14. The van der Waals surface area contributed by atoms with E-state index in [2.05, 4.69) is 10.0 Å². The third-order valence-corrected chi connectivity index (χ3v) is 6.03. The number of quaternary nitrogens is 1. The zero-order chi connectivity index (χ0) is 10.9.